The average Bonchev–Trinajstić information content (AvgIpc) is 2.31. The molecule has 0 saturated heterocycles. The lowest BCUT2D eigenvalue weighted by Crippen LogP contribution is -2.40. The fourth-order valence-corrected chi connectivity index (χ4v) is 1.96. The highest BCUT2D eigenvalue weighted by Gasteiger charge is 2.36. The molecule has 0 spiro atoms. The molecule has 0 aliphatic carbocycles. The summed E-state index contributed by atoms with van der Waals surface area (Å²) in [5.74, 6) is 0. The summed E-state index contributed by atoms with van der Waals surface area (Å²) in [7, 11) is -1.80. The van der Waals surface area contributed by atoms with Gasteiger partial charge in [-0.25, -0.2) is 4.79 Å². The Bertz CT molecular complexity index is 380. The van der Waals surface area contributed by atoms with Gasteiger partial charge in [0.05, 0.1) is 13.2 Å². The summed E-state index contributed by atoms with van der Waals surface area (Å²) in [4.78, 5) is 11.1. The topological polar surface area (TPSA) is 68.5 Å². The van der Waals surface area contributed by atoms with E-state index in [1.165, 1.54) is 6.08 Å². The van der Waals surface area contributed by atoms with Crippen LogP contribution in [0.25, 0.3) is 0 Å². The van der Waals surface area contributed by atoms with Crippen LogP contribution in [0, 0.1) is 11.3 Å². The first-order valence-corrected chi connectivity index (χ1v) is 9.58. The lowest BCUT2D eigenvalue weighted by molar-refractivity contribution is 0.0534. The maximum atomic E-state index is 11.1. The quantitative estimate of drug-likeness (QED) is 0.425. The van der Waals surface area contributed by atoms with Crippen LogP contribution in [-0.2, 0) is 13.9 Å². The van der Waals surface area contributed by atoms with Gasteiger partial charge in [0.15, 0.2) is 8.32 Å². The maximum Gasteiger partial charge on any atom is 0.509 e. The third-order valence-electron chi connectivity index (χ3n) is 3.27. The highest BCUT2D eigenvalue weighted by Crippen LogP contribution is 2.36. The van der Waals surface area contributed by atoms with Crippen LogP contribution in [0.2, 0.25) is 18.1 Å². The molecule has 0 radical (unpaired) electrons. The molecule has 0 fully saturated rings. The summed E-state index contributed by atoms with van der Waals surface area (Å²) in [6.45, 7) is 13.1. The molecule has 1 unspecified atom stereocenters. The first kappa shape index (κ1) is 18.7. The van der Waals surface area contributed by atoms with Gasteiger partial charge in [-0.2, -0.15) is 5.26 Å². The van der Waals surface area contributed by atoms with E-state index in [4.69, 9.17) is 14.4 Å². The van der Waals surface area contributed by atoms with Crippen molar-refractivity contribution in [1.82, 2.24) is 0 Å². The lowest BCUT2D eigenvalue weighted by Gasteiger charge is -2.35. The Balaban J connectivity index is 4.29. The van der Waals surface area contributed by atoms with E-state index in [9.17, 15) is 4.79 Å². The van der Waals surface area contributed by atoms with Gasteiger partial charge in [0.2, 0.25) is 6.10 Å². The molecular formula is C14H25NO4Si. The summed E-state index contributed by atoms with van der Waals surface area (Å²) in [6, 6.07) is 1.87. The first-order chi connectivity index (χ1) is 9.14. The summed E-state index contributed by atoms with van der Waals surface area (Å²) >= 11 is 0. The molecule has 0 heterocycles. The molecule has 6 heteroatoms. The summed E-state index contributed by atoms with van der Waals surface area (Å²) in [6.07, 6.45) is 1.42. The van der Waals surface area contributed by atoms with Crippen LogP contribution >= 0.6 is 0 Å². The summed E-state index contributed by atoms with van der Waals surface area (Å²) in [5, 5.41) is 9.00. The molecule has 0 bridgehead atoms. The predicted molar refractivity (Wildman–Crippen MR) is 79.8 cm³/mol. The van der Waals surface area contributed by atoms with Gasteiger partial charge in [-0.15, -0.1) is 0 Å². The Morgan fingerprint density at radius 3 is 2.45 bits per heavy atom. The summed E-state index contributed by atoms with van der Waals surface area (Å²) in [5.41, 5.74) is 0. The molecule has 0 aromatic rings. The van der Waals surface area contributed by atoms with Crippen molar-refractivity contribution in [2.24, 2.45) is 0 Å². The van der Waals surface area contributed by atoms with Crippen molar-refractivity contribution in [1.29, 1.82) is 5.26 Å². The van der Waals surface area contributed by atoms with Crippen LogP contribution < -0.4 is 0 Å². The fraction of sp³-hybridized carbons (Fsp3) is 0.714. The Labute approximate surface area is 122 Å². The van der Waals surface area contributed by atoms with E-state index >= 15 is 0 Å². The second kappa shape index (κ2) is 8.07. The van der Waals surface area contributed by atoms with Gasteiger partial charge in [0.25, 0.3) is 0 Å². The van der Waals surface area contributed by atoms with Gasteiger partial charge in [-0.3, -0.25) is 0 Å². The van der Waals surface area contributed by atoms with Crippen molar-refractivity contribution in [2.45, 2.75) is 51.9 Å². The third-order valence-corrected chi connectivity index (χ3v) is 7.77. The number of carbonyl (C=O) groups excluding carboxylic acids is 1. The summed E-state index contributed by atoms with van der Waals surface area (Å²) < 4.78 is 15.3. The number of ether oxygens (including phenoxy) is 2. The molecule has 20 heavy (non-hydrogen) atoms. The van der Waals surface area contributed by atoms with Gasteiger partial charge in [-0.1, -0.05) is 26.8 Å². The molecule has 0 aliphatic heterocycles. The van der Waals surface area contributed by atoms with Crippen LogP contribution in [0.1, 0.15) is 27.7 Å². The van der Waals surface area contributed by atoms with Gasteiger partial charge in [0.1, 0.15) is 6.07 Å². The molecule has 1 atom stereocenters. The van der Waals surface area contributed by atoms with Gasteiger partial charge >= 0.3 is 6.16 Å². The predicted octanol–water partition coefficient (Wildman–Crippen LogP) is 3.63. The Morgan fingerprint density at radius 2 is 2.00 bits per heavy atom. The van der Waals surface area contributed by atoms with E-state index in [-0.39, 0.29) is 11.6 Å². The zero-order chi connectivity index (χ0) is 15.8. The third kappa shape index (κ3) is 6.73. The second-order valence-corrected chi connectivity index (χ2v) is 10.7. The minimum absolute atomic E-state index is 0.136. The average molecular weight is 299 g/mol. The van der Waals surface area contributed by atoms with Crippen LogP contribution in [0.4, 0.5) is 4.79 Å². The number of carbonyl (C=O) groups is 1. The van der Waals surface area contributed by atoms with E-state index in [1.807, 2.05) is 6.07 Å². The van der Waals surface area contributed by atoms with Crippen LogP contribution in [-0.4, -0.2) is 33.8 Å². The molecule has 0 saturated carbocycles. The van der Waals surface area contributed by atoms with E-state index in [2.05, 4.69) is 38.6 Å². The SMILES string of the molecule is CCOC(=O)OC(C#N)/C=C/CO[Si](C)(C)C(C)(C)C. The fourth-order valence-electron chi connectivity index (χ4n) is 1.02. The lowest BCUT2D eigenvalue weighted by atomic mass is 10.2. The minimum atomic E-state index is -1.80. The van der Waals surface area contributed by atoms with Crippen molar-refractivity contribution >= 4 is 14.5 Å². The number of rotatable bonds is 6. The van der Waals surface area contributed by atoms with E-state index < -0.39 is 20.6 Å². The Kier molecular flexibility index (Phi) is 7.54. The minimum Gasteiger partial charge on any atom is -0.435 e. The Morgan fingerprint density at radius 1 is 1.40 bits per heavy atom. The second-order valence-electron chi connectivity index (χ2n) is 5.85. The number of hydrogen-bond donors (Lipinski definition) is 0. The van der Waals surface area contributed by atoms with E-state index in [0.29, 0.717) is 6.61 Å². The van der Waals surface area contributed by atoms with Crippen LogP contribution in [0.5, 0.6) is 0 Å². The van der Waals surface area contributed by atoms with Crippen molar-refractivity contribution < 1.29 is 18.7 Å². The molecule has 0 aromatic heterocycles. The van der Waals surface area contributed by atoms with Crippen molar-refractivity contribution in [3.63, 3.8) is 0 Å². The zero-order valence-corrected chi connectivity index (χ0v) is 14.2. The zero-order valence-electron chi connectivity index (χ0n) is 13.2. The van der Waals surface area contributed by atoms with Crippen molar-refractivity contribution in [2.75, 3.05) is 13.2 Å². The van der Waals surface area contributed by atoms with Crippen molar-refractivity contribution in [3.05, 3.63) is 12.2 Å². The molecule has 0 aromatic carbocycles. The standard InChI is InChI=1S/C14H25NO4Si/c1-7-17-13(16)19-12(11-15)9-8-10-18-20(5,6)14(2,3)4/h8-9,12H,7,10H2,1-6H3/b9-8+. The van der Waals surface area contributed by atoms with Crippen LogP contribution in [0.15, 0.2) is 12.2 Å². The number of hydrogen-bond acceptors (Lipinski definition) is 5. The Hall–Kier alpha value is -1.32. The van der Waals surface area contributed by atoms with E-state index in [0.717, 1.165) is 0 Å². The smallest absolute Gasteiger partial charge is 0.435 e. The van der Waals surface area contributed by atoms with Gasteiger partial charge in [-0.05, 0) is 31.1 Å². The normalized spacial score (nSPS) is 13.8. The molecule has 0 rings (SSSR count). The highest BCUT2D eigenvalue weighted by atomic mass is 28.4. The first-order valence-electron chi connectivity index (χ1n) is 6.67. The van der Waals surface area contributed by atoms with Crippen LogP contribution in [0.3, 0.4) is 0 Å². The van der Waals surface area contributed by atoms with Gasteiger partial charge in [0, 0.05) is 0 Å². The maximum absolute atomic E-state index is 11.1. The highest BCUT2D eigenvalue weighted by molar-refractivity contribution is 6.74. The molecule has 0 N–H and O–H groups in total. The monoisotopic (exact) mass is 299 g/mol. The number of nitriles is 1. The molecule has 114 valence electrons. The van der Waals surface area contributed by atoms with E-state index in [1.54, 1.807) is 13.0 Å². The number of nitrogens with zero attached hydrogens (tertiary/aromatic N) is 1. The molecule has 0 aliphatic rings. The van der Waals surface area contributed by atoms with Gasteiger partial charge < -0.3 is 13.9 Å². The largest absolute Gasteiger partial charge is 0.509 e. The molecule has 5 nitrogen and oxygen atoms in total. The molecular weight excluding hydrogens is 274 g/mol. The molecule has 0 amide bonds. The van der Waals surface area contributed by atoms with Crippen molar-refractivity contribution in [3.8, 4) is 6.07 Å².